The molecule has 0 aliphatic carbocycles. The Hall–Kier alpha value is -2.89. The minimum atomic E-state index is 0. The first-order valence-electron chi connectivity index (χ1n) is 8.29. The van der Waals surface area contributed by atoms with Crippen LogP contribution in [0.25, 0.3) is 22.0 Å². The lowest BCUT2D eigenvalue weighted by Gasteiger charge is -2.17. The van der Waals surface area contributed by atoms with Crippen LogP contribution in [-0.2, 0) is 13.0 Å². The Morgan fingerprint density at radius 2 is 1.81 bits per heavy atom. The van der Waals surface area contributed by atoms with Crippen molar-refractivity contribution in [3.05, 3.63) is 42.1 Å². The normalized spacial score (nSPS) is 13.1. The van der Waals surface area contributed by atoms with Crippen LogP contribution < -0.4 is 23.5 Å². The molecule has 0 N–H and O–H groups in total. The molecule has 0 fully saturated rings. The third-order valence-electron chi connectivity index (χ3n) is 5.00. The number of benzene rings is 2. The Kier molecular flexibility index (Phi) is 4.92. The van der Waals surface area contributed by atoms with Crippen molar-refractivity contribution in [3.8, 4) is 34.3 Å². The molecule has 0 spiro atoms. The lowest BCUT2D eigenvalue weighted by molar-refractivity contribution is -0.686. The summed E-state index contributed by atoms with van der Waals surface area (Å²) in [4.78, 5) is 0. The van der Waals surface area contributed by atoms with Crippen LogP contribution in [0.15, 0.2) is 36.5 Å². The van der Waals surface area contributed by atoms with Crippen molar-refractivity contribution in [2.45, 2.75) is 20.4 Å². The van der Waals surface area contributed by atoms with Gasteiger partial charge in [-0.25, -0.2) is 0 Å². The molecular formula is C21H24BNO4+. The van der Waals surface area contributed by atoms with E-state index in [1.807, 2.05) is 6.07 Å². The molecular weight excluding hydrogens is 341 g/mol. The standard InChI is InChI=1S/C20H18NO4.CH4.B.H2/c1-22-17-4-3-12-7-16-14-9-19-18(24-11-25-19)8-13(14)5-6-21(16)10-15(12)20(17)23-2;;;/h3-4,7-10H,5-6,11H2,1-2H3;1H4;;1H/q+1;;;/i;;;1+1. The molecule has 2 aliphatic rings. The summed E-state index contributed by atoms with van der Waals surface area (Å²) in [6.07, 6.45) is 3.11. The molecule has 3 radical (unpaired) electrons. The van der Waals surface area contributed by atoms with Gasteiger partial charge < -0.3 is 18.9 Å². The maximum absolute atomic E-state index is 5.60. The third-order valence-corrected chi connectivity index (χ3v) is 5.00. The van der Waals surface area contributed by atoms with Crippen LogP contribution in [0.3, 0.4) is 0 Å². The second-order valence-electron chi connectivity index (χ2n) is 6.27. The van der Waals surface area contributed by atoms with Gasteiger partial charge in [0, 0.05) is 22.3 Å². The van der Waals surface area contributed by atoms with Crippen LogP contribution in [0.2, 0.25) is 0 Å². The highest BCUT2D eigenvalue weighted by molar-refractivity contribution is 5.91. The number of fused-ring (bicyclic) bond motifs is 5. The number of aryl methyl sites for hydroxylation is 2. The molecule has 3 aromatic rings. The quantitative estimate of drug-likeness (QED) is 0.513. The van der Waals surface area contributed by atoms with Gasteiger partial charge in [-0.05, 0) is 35.2 Å². The average Bonchev–Trinajstić information content (AvgIpc) is 3.11. The maximum Gasteiger partial charge on any atom is 0.231 e. The van der Waals surface area contributed by atoms with Gasteiger partial charge in [-0.2, -0.15) is 4.57 Å². The Labute approximate surface area is 162 Å². The molecule has 1 aromatic heterocycles. The molecule has 2 aromatic carbocycles. The van der Waals surface area contributed by atoms with Crippen molar-refractivity contribution in [2.24, 2.45) is 0 Å². The first-order valence-corrected chi connectivity index (χ1v) is 8.29. The molecule has 3 heterocycles. The summed E-state index contributed by atoms with van der Waals surface area (Å²) in [5.41, 5.74) is 3.68. The zero-order chi connectivity index (χ0) is 17.0. The molecule has 0 saturated heterocycles. The summed E-state index contributed by atoms with van der Waals surface area (Å²) >= 11 is 0. The molecule has 0 unspecified atom stereocenters. The van der Waals surface area contributed by atoms with Gasteiger partial charge in [-0.1, -0.05) is 7.43 Å². The highest BCUT2D eigenvalue weighted by Gasteiger charge is 2.28. The van der Waals surface area contributed by atoms with E-state index in [9.17, 15) is 0 Å². The van der Waals surface area contributed by atoms with E-state index >= 15 is 0 Å². The second-order valence-corrected chi connectivity index (χ2v) is 6.27. The monoisotopic (exact) mass is 366 g/mol. The Balaban J connectivity index is 0.000000934. The molecule has 2 aliphatic heterocycles. The number of pyridine rings is 1. The molecule has 0 saturated carbocycles. The van der Waals surface area contributed by atoms with E-state index in [0.717, 1.165) is 46.7 Å². The first-order chi connectivity index (χ1) is 12.3. The summed E-state index contributed by atoms with van der Waals surface area (Å²) in [6, 6.07) is 10.4. The second kappa shape index (κ2) is 7.03. The van der Waals surface area contributed by atoms with Gasteiger partial charge in [0.2, 0.25) is 12.5 Å². The molecule has 0 atom stereocenters. The fourth-order valence-electron chi connectivity index (χ4n) is 3.77. The molecule has 0 amide bonds. The van der Waals surface area contributed by atoms with Crippen molar-refractivity contribution in [2.75, 3.05) is 21.0 Å². The van der Waals surface area contributed by atoms with E-state index in [1.165, 1.54) is 16.8 Å². The lowest BCUT2D eigenvalue weighted by Crippen LogP contribution is -2.40. The van der Waals surface area contributed by atoms with Gasteiger partial charge in [0.25, 0.3) is 0 Å². The number of hydrogen-bond acceptors (Lipinski definition) is 4. The van der Waals surface area contributed by atoms with Crippen LogP contribution in [0.5, 0.6) is 23.0 Å². The highest BCUT2D eigenvalue weighted by atomic mass is 16.7. The van der Waals surface area contributed by atoms with E-state index < -0.39 is 0 Å². The summed E-state index contributed by atoms with van der Waals surface area (Å²) in [5.74, 6) is 3.18. The summed E-state index contributed by atoms with van der Waals surface area (Å²) in [7, 11) is 3.34. The average molecular weight is 366 g/mol. The predicted molar refractivity (Wildman–Crippen MR) is 107 cm³/mol. The molecule has 0 bridgehead atoms. The predicted octanol–water partition coefficient (Wildman–Crippen LogP) is 3.60. The lowest BCUT2D eigenvalue weighted by atomic mass is 9.95. The Morgan fingerprint density at radius 1 is 1.04 bits per heavy atom. The number of hydrogen-bond donors (Lipinski definition) is 0. The SMILES string of the molecule is C.COc1ccc2cc3[n+](cc2c1OC)CCc1cc2c(cc1-3)OCO2.[2HH].[B]. The van der Waals surface area contributed by atoms with E-state index in [1.54, 1.807) is 14.2 Å². The van der Waals surface area contributed by atoms with Crippen molar-refractivity contribution in [1.29, 1.82) is 0 Å². The molecule has 27 heavy (non-hydrogen) atoms. The summed E-state index contributed by atoms with van der Waals surface area (Å²) < 4.78 is 24.4. The van der Waals surface area contributed by atoms with Crippen molar-refractivity contribution >= 4 is 19.2 Å². The number of rotatable bonds is 2. The van der Waals surface area contributed by atoms with Crippen molar-refractivity contribution < 1.29 is 24.9 Å². The van der Waals surface area contributed by atoms with Gasteiger partial charge >= 0.3 is 0 Å². The summed E-state index contributed by atoms with van der Waals surface area (Å²) in [6.45, 7) is 1.21. The number of methoxy groups -OCH3 is 2. The summed E-state index contributed by atoms with van der Waals surface area (Å²) in [5, 5.41) is 2.17. The van der Waals surface area contributed by atoms with E-state index in [2.05, 4.69) is 35.0 Å². The maximum atomic E-state index is 5.60. The van der Waals surface area contributed by atoms with Crippen LogP contribution in [0.1, 0.15) is 14.4 Å². The topological polar surface area (TPSA) is 40.8 Å². The van der Waals surface area contributed by atoms with Crippen molar-refractivity contribution in [1.82, 2.24) is 0 Å². The van der Waals surface area contributed by atoms with Gasteiger partial charge in [0.1, 0.15) is 0 Å². The molecule has 5 rings (SSSR count). The van der Waals surface area contributed by atoms with E-state index in [-0.39, 0.29) is 17.3 Å². The minimum Gasteiger partial charge on any atom is -0.493 e. The number of ether oxygens (including phenoxy) is 4. The first kappa shape index (κ1) is 18.9. The van der Waals surface area contributed by atoms with Gasteiger partial charge in [0.15, 0.2) is 35.7 Å². The minimum absolute atomic E-state index is 0. The van der Waals surface area contributed by atoms with Crippen molar-refractivity contribution in [3.63, 3.8) is 0 Å². The zero-order valence-corrected chi connectivity index (χ0v) is 14.7. The number of nitrogens with zero attached hydrogens (tertiary/aromatic N) is 1. The number of aromatic nitrogens is 1. The fourth-order valence-corrected chi connectivity index (χ4v) is 3.77. The van der Waals surface area contributed by atoms with Crippen LogP contribution in [-0.4, -0.2) is 29.4 Å². The molecule has 5 nitrogen and oxygen atoms in total. The van der Waals surface area contributed by atoms with Gasteiger partial charge in [0.05, 0.1) is 25.2 Å². The van der Waals surface area contributed by atoms with Gasteiger partial charge in [-0.3, -0.25) is 0 Å². The largest absolute Gasteiger partial charge is 0.493 e. The highest BCUT2D eigenvalue weighted by Crippen LogP contribution is 2.41. The smallest absolute Gasteiger partial charge is 0.231 e. The Morgan fingerprint density at radius 3 is 2.56 bits per heavy atom. The third kappa shape index (κ3) is 2.76. The van der Waals surface area contributed by atoms with E-state index in [4.69, 9.17) is 18.9 Å². The zero-order valence-electron chi connectivity index (χ0n) is 14.7. The van der Waals surface area contributed by atoms with E-state index in [0.29, 0.717) is 6.79 Å². The molecule has 6 heteroatoms. The van der Waals surface area contributed by atoms with Crippen LogP contribution in [0, 0.1) is 0 Å². The van der Waals surface area contributed by atoms with Crippen LogP contribution in [0.4, 0.5) is 0 Å². The van der Waals surface area contributed by atoms with Gasteiger partial charge in [-0.15, -0.1) is 0 Å². The molecule has 139 valence electrons. The fraction of sp³-hybridized carbons (Fsp3) is 0.286. The Bertz CT molecular complexity index is 1030. The van der Waals surface area contributed by atoms with Crippen LogP contribution >= 0.6 is 0 Å².